The number of urea groups is 1. The van der Waals surface area contributed by atoms with Gasteiger partial charge in [0.25, 0.3) is 0 Å². The predicted molar refractivity (Wildman–Crippen MR) is 117 cm³/mol. The first-order valence-electron chi connectivity index (χ1n) is 9.88. The summed E-state index contributed by atoms with van der Waals surface area (Å²) in [5, 5.41) is 11.6. The van der Waals surface area contributed by atoms with E-state index in [1.54, 1.807) is 12.1 Å². The Labute approximate surface area is 187 Å². The van der Waals surface area contributed by atoms with Gasteiger partial charge in [-0.2, -0.15) is 13.2 Å². The standard InChI is InChI=1S/C22H19ClF3N5O/c23-16-7-5-15(6-8-16)18-9-10-20(29-28-18)30-11-13-31(14-12-30)21(32)27-19-4-2-1-3-17(19)22(24,25)26/h1-10H,11-14H2,(H,27,32). The average molecular weight is 462 g/mol. The number of rotatable bonds is 3. The van der Waals surface area contributed by atoms with Crippen molar-refractivity contribution in [1.82, 2.24) is 15.1 Å². The number of nitrogens with one attached hydrogen (secondary N) is 1. The number of halogens is 4. The number of aromatic nitrogens is 2. The number of hydrogen-bond acceptors (Lipinski definition) is 4. The summed E-state index contributed by atoms with van der Waals surface area (Å²) in [7, 11) is 0. The fraction of sp³-hybridized carbons (Fsp3) is 0.227. The molecular formula is C22H19ClF3N5O. The zero-order valence-electron chi connectivity index (χ0n) is 16.8. The molecule has 1 aromatic heterocycles. The van der Waals surface area contributed by atoms with Crippen molar-refractivity contribution < 1.29 is 18.0 Å². The zero-order chi connectivity index (χ0) is 22.7. The van der Waals surface area contributed by atoms with Gasteiger partial charge in [-0.25, -0.2) is 4.79 Å². The summed E-state index contributed by atoms with van der Waals surface area (Å²) in [4.78, 5) is 16.0. The lowest BCUT2D eigenvalue weighted by Gasteiger charge is -2.35. The molecule has 1 saturated heterocycles. The van der Waals surface area contributed by atoms with Crippen molar-refractivity contribution >= 4 is 29.1 Å². The summed E-state index contributed by atoms with van der Waals surface area (Å²) in [5.74, 6) is 0.671. The smallest absolute Gasteiger partial charge is 0.352 e. The fourth-order valence-electron chi connectivity index (χ4n) is 3.44. The highest BCUT2D eigenvalue weighted by Crippen LogP contribution is 2.34. The average Bonchev–Trinajstić information content (AvgIpc) is 2.79. The van der Waals surface area contributed by atoms with Crippen molar-refractivity contribution in [3.8, 4) is 11.3 Å². The summed E-state index contributed by atoms with van der Waals surface area (Å²) >= 11 is 5.91. The molecule has 2 aromatic carbocycles. The zero-order valence-corrected chi connectivity index (χ0v) is 17.6. The number of anilines is 2. The van der Waals surface area contributed by atoms with Crippen LogP contribution < -0.4 is 10.2 Å². The van der Waals surface area contributed by atoms with Crippen molar-refractivity contribution in [3.63, 3.8) is 0 Å². The normalized spacial score (nSPS) is 14.4. The second kappa shape index (κ2) is 9.04. The molecule has 10 heteroatoms. The molecule has 0 spiro atoms. The Morgan fingerprint density at radius 1 is 0.906 bits per heavy atom. The number of amides is 2. The Morgan fingerprint density at radius 3 is 2.22 bits per heavy atom. The van der Waals surface area contributed by atoms with Crippen LogP contribution in [0.5, 0.6) is 0 Å². The van der Waals surface area contributed by atoms with E-state index in [-0.39, 0.29) is 5.69 Å². The van der Waals surface area contributed by atoms with E-state index in [9.17, 15) is 18.0 Å². The second-order valence-corrected chi connectivity index (χ2v) is 7.67. The van der Waals surface area contributed by atoms with Crippen molar-refractivity contribution in [2.75, 3.05) is 36.4 Å². The molecule has 1 fully saturated rings. The molecule has 0 unspecified atom stereocenters. The van der Waals surface area contributed by atoms with Crippen molar-refractivity contribution in [3.05, 3.63) is 71.2 Å². The van der Waals surface area contributed by atoms with Crippen LogP contribution in [0.15, 0.2) is 60.7 Å². The number of hydrogen-bond donors (Lipinski definition) is 1. The Kier molecular flexibility index (Phi) is 6.18. The van der Waals surface area contributed by atoms with Gasteiger partial charge in [0.1, 0.15) is 0 Å². The second-order valence-electron chi connectivity index (χ2n) is 7.23. The SMILES string of the molecule is O=C(Nc1ccccc1C(F)(F)F)N1CCN(c2ccc(-c3ccc(Cl)cc3)nn2)CC1. The van der Waals surface area contributed by atoms with Crippen molar-refractivity contribution in [1.29, 1.82) is 0 Å². The van der Waals surface area contributed by atoms with Gasteiger partial charge in [-0.05, 0) is 36.4 Å². The fourth-order valence-corrected chi connectivity index (χ4v) is 3.57. The molecule has 3 aromatic rings. The van der Waals surface area contributed by atoms with Crippen molar-refractivity contribution in [2.45, 2.75) is 6.18 Å². The third-order valence-electron chi connectivity index (χ3n) is 5.16. The molecule has 4 rings (SSSR count). The third kappa shape index (κ3) is 4.94. The highest BCUT2D eigenvalue weighted by Gasteiger charge is 2.34. The highest BCUT2D eigenvalue weighted by molar-refractivity contribution is 6.30. The molecule has 32 heavy (non-hydrogen) atoms. The first kappa shape index (κ1) is 21.9. The number of para-hydroxylation sites is 1. The van der Waals surface area contributed by atoms with E-state index in [1.807, 2.05) is 29.2 Å². The van der Waals surface area contributed by atoms with Crippen LogP contribution in [0.1, 0.15) is 5.56 Å². The molecule has 0 atom stereocenters. The lowest BCUT2D eigenvalue weighted by atomic mass is 10.1. The Morgan fingerprint density at radius 2 is 1.59 bits per heavy atom. The Bertz CT molecular complexity index is 1080. The molecule has 1 N–H and O–H groups in total. The quantitative estimate of drug-likeness (QED) is 0.584. The molecule has 0 saturated carbocycles. The van der Waals surface area contributed by atoms with Crippen LogP contribution in [0.2, 0.25) is 5.02 Å². The Balaban J connectivity index is 1.36. The number of piperazine rings is 1. The monoisotopic (exact) mass is 461 g/mol. The van der Waals surface area contributed by atoms with Gasteiger partial charge in [-0.15, -0.1) is 10.2 Å². The molecule has 0 bridgehead atoms. The molecule has 0 radical (unpaired) electrons. The molecule has 166 valence electrons. The molecule has 2 heterocycles. The maximum absolute atomic E-state index is 13.1. The van der Waals surface area contributed by atoms with Crippen LogP contribution in [0.4, 0.5) is 29.5 Å². The number of alkyl halides is 3. The lowest BCUT2D eigenvalue weighted by Crippen LogP contribution is -2.50. The number of carbonyl (C=O) groups excluding carboxylic acids is 1. The van der Waals surface area contributed by atoms with Crippen LogP contribution in [-0.2, 0) is 6.18 Å². The van der Waals surface area contributed by atoms with Crippen LogP contribution in [-0.4, -0.2) is 47.3 Å². The minimum absolute atomic E-state index is 0.254. The molecule has 1 aliphatic heterocycles. The van der Waals surface area contributed by atoms with Gasteiger partial charge in [0.2, 0.25) is 0 Å². The minimum atomic E-state index is -4.54. The van der Waals surface area contributed by atoms with Crippen molar-refractivity contribution in [2.24, 2.45) is 0 Å². The van der Waals surface area contributed by atoms with E-state index in [0.717, 1.165) is 11.6 Å². The molecular weight excluding hydrogens is 443 g/mol. The number of nitrogens with zero attached hydrogens (tertiary/aromatic N) is 4. The summed E-state index contributed by atoms with van der Waals surface area (Å²) in [6.45, 7) is 1.67. The number of benzene rings is 2. The minimum Gasteiger partial charge on any atom is -0.352 e. The molecule has 0 aliphatic carbocycles. The maximum atomic E-state index is 13.1. The van der Waals surface area contributed by atoms with Gasteiger partial charge in [-0.3, -0.25) is 0 Å². The van der Waals surface area contributed by atoms with Gasteiger partial charge < -0.3 is 15.1 Å². The summed E-state index contributed by atoms with van der Waals surface area (Å²) < 4.78 is 39.4. The Hall–Kier alpha value is -3.33. The number of carbonyl (C=O) groups is 1. The van der Waals surface area contributed by atoms with E-state index < -0.39 is 17.8 Å². The van der Waals surface area contributed by atoms with Crippen LogP contribution in [0, 0.1) is 0 Å². The van der Waals surface area contributed by atoms with E-state index in [2.05, 4.69) is 15.5 Å². The summed E-state index contributed by atoms with van der Waals surface area (Å²) in [5.41, 5.74) is 0.486. The van der Waals surface area contributed by atoms with Gasteiger partial charge >= 0.3 is 12.2 Å². The van der Waals surface area contributed by atoms with Crippen LogP contribution in [0.25, 0.3) is 11.3 Å². The first-order valence-corrected chi connectivity index (χ1v) is 10.3. The van der Waals surface area contributed by atoms with Gasteiger partial charge in [0.15, 0.2) is 5.82 Å². The van der Waals surface area contributed by atoms with Gasteiger partial charge in [0.05, 0.1) is 16.9 Å². The van der Waals surface area contributed by atoms with Crippen LogP contribution in [0.3, 0.4) is 0 Å². The summed E-state index contributed by atoms with van der Waals surface area (Å²) in [6.07, 6.45) is -4.54. The molecule has 2 amide bonds. The summed E-state index contributed by atoms with van der Waals surface area (Å²) in [6, 6.07) is 15.4. The highest BCUT2D eigenvalue weighted by atomic mass is 35.5. The van der Waals surface area contributed by atoms with Gasteiger partial charge in [-0.1, -0.05) is 35.9 Å². The van der Waals surface area contributed by atoms with E-state index >= 15 is 0 Å². The lowest BCUT2D eigenvalue weighted by molar-refractivity contribution is -0.136. The molecule has 1 aliphatic rings. The van der Waals surface area contributed by atoms with E-state index in [4.69, 9.17) is 11.6 Å². The third-order valence-corrected chi connectivity index (χ3v) is 5.41. The van der Waals surface area contributed by atoms with E-state index in [1.165, 1.54) is 23.1 Å². The topological polar surface area (TPSA) is 61.4 Å². The molecule has 6 nitrogen and oxygen atoms in total. The largest absolute Gasteiger partial charge is 0.418 e. The van der Waals surface area contributed by atoms with E-state index in [0.29, 0.717) is 42.7 Å². The van der Waals surface area contributed by atoms with Crippen LogP contribution >= 0.6 is 11.6 Å². The first-order chi connectivity index (χ1) is 15.3. The van der Waals surface area contributed by atoms with Gasteiger partial charge in [0, 0.05) is 36.8 Å². The maximum Gasteiger partial charge on any atom is 0.418 e. The predicted octanol–water partition coefficient (Wildman–Crippen LogP) is 5.17.